The quantitative estimate of drug-likeness (QED) is 0.569. The summed E-state index contributed by atoms with van der Waals surface area (Å²) in [6, 6.07) is 0. The number of hydrogen-bond donors (Lipinski definition) is 0. The van der Waals surface area contributed by atoms with Crippen molar-refractivity contribution in [2.45, 2.75) is 57.2 Å². The lowest BCUT2D eigenvalue weighted by Crippen LogP contribution is -2.18. The topological polar surface area (TPSA) is 18.5 Å². The molecule has 0 aromatic heterocycles. The first-order chi connectivity index (χ1) is 7.45. The summed E-state index contributed by atoms with van der Waals surface area (Å²) in [5.74, 6) is 6.46. The monoisotopic (exact) mass is 208 g/mol. The van der Waals surface area contributed by atoms with Crippen molar-refractivity contribution >= 4 is 0 Å². The van der Waals surface area contributed by atoms with E-state index in [-0.39, 0.29) is 12.2 Å². The Morgan fingerprint density at radius 3 is 1.80 bits per heavy atom. The lowest BCUT2D eigenvalue weighted by molar-refractivity contribution is 0.0515. The first-order valence-electron chi connectivity index (χ1n) is 6.19. The van der Waals surface area contributed by atoms with E-state index >= 15 is 0 Å². The van der Waals surface area contributed by atoms with Crippen molar-refractivity contribution in [2.75, 3.05) is 13.2 Å². The van der Waals surface area contributed by atoms with E-state index in [0.29, 0.717) is 0 Å². The average molecular weight is 208 g/mol. The van der Waals surface area contributed by atoms with E-state index in [9.17, 15) is 0 Å². The second kappa shape index (κ2) is 6.15. The predicted molar refractivity (Wildman–Crippen MR) is 59.6 cm³/mol. The fourth-order valence-corrected chi connectivity index (χ4v) is 2.07. The highest BCUT2D eigenvalue weighted by molar-refractivity contribution is 5.10. The molecule has 84 valence electrons. The molecule has 0 bridgehead atoms. The highest BCUT2D eigenvalue weighted by atomic mass is 16.5. The first-order valence-corrected chi connectivity index (χ1v) is 6.19. The van der Waals surface area contributed by atoms with Crippen molar-refractivity contribution in [2.24, 2.45) is 0 Å². The third-order valence-electron chi connectivity index (χ3n) is 3.01. The molecule has 2 rings (SSSR count). The highest BCUT2D eigenvalue weighted by Crippen LogP contribution is 2.14. The van der Waals surface area contributed by atoms with Gasteiger partial charge in [0.2, 0.25) is 0 Å². The van der Waals surface area contributed by atoms with E-state index in [0.717, 1.165) is 26.1 Å². The largest absolute Gasteiger partial charge is 0.366 e. The Hall–Kier alpha value is -0.520. The molecule has 2 heteroatoms. The molecule has 0 saturated carbocycles. The molecule has 15 heavy (non-hydrogen) atoms. The van der Waals surface area contributed by atoms with Crippen LogP contribution in [0.2, 0.25) is 0 Å². The van der Waals surface area contributed by atoms with Crippen LogP contribution in [0.1, 0.15) is 44.9 Å². The van der Waals surface area contributed by atoms with Gasteiger partial charge in [0.15, 0.2) is 0 Å². The minimum atomic E-state index is 0.165. The van der Waals surface area contributed by atoms with Crippen LogP contribution in [-0.2, 0) is 9.47 Å². The zero-order valence-corrected chi connectivity index (χ0v) is 9.34. The third-order valence-corrected chi connectivity index (χ3v) is 3.01. The fourth-order valence-electron chi connectivity index (χ4n) is 2.07. The molecule has 2 atom stereocenters. The van der Waals surface area contributed by atoms with Crippen LogP contribution in [0.3, 0.4) is 0 Å². The van der Waals surface area contributed by atoms with Crippen LogP contribution in [0.15, 0.2) is 0 Å². The van der Waals surface area contributed by atoms with Gasteiger partial charge in [-0.05, 0) is 38.5 Å². The number of ether oxygens (including phenoxy) is 2. The molecule has 2 nitrogen and oxygen atoms in total. The van der Waals surface area contributed by atoms with Crippen LogP contribution in [0, 0.1) is 11.8 Å². The molecule has 0 radical (unpaired) electrons. The van der Waals surface area contributed by atoms with Gasteiger partial charge in [-0.3, -0.25) is 0 Å². The maximum Gasteiger partial charge on any atom is 0.118 e. The Labute approximate surface area is 92.3 Å². The average Bonchev–Trinajstić information content (AvgIpc) is 2.56. The predicted octanol–water partition coefficient (Wildman–Crippen LogP) is 2.52. The Morgan fingerprint density at radius 2 is 1.20 bits per heavy atom. The van der Waals surface area contributed by atoms with Crippen molar-refractivity contribution in [3.63, 3.8) is 0 Å². The first kappa shape index (κ1) is 11.0. The Morgan fingerprint density at radius 1 is 0.667 bits per heavy atom. The summed E-state index contributed by atoms with van der Waals surface area (Å²) in [5, 5.41) is 0. The van der Waals surface area contributed by atoms with Crippen molar-refractivity contribution in [3.05, 3.63) is 0 Å². The van der Waals surface area contributed by atoms with Gasteiger partial charge in [0, 0.05) is 13.2 Å². The summed E-state index contributed by atoms with van der Waals surface area (Å²) in [7, 11) is 0. The zero-order chi connectivity index (χ0) is 10.3. The second-order valence-electron chi connectivity index (χ2n) is 4.35. The van der Waals surface area contributed by atoms with Gasteiger partial charge in [-0.1, -0.05) is 18.3 Å². The van der Waals surface area contributed by atoms with Crippen LogP contribution < -0.4 is 0 Å². The van der Waals surface area contributed by atoms with E-state index in [1.807, 2.05) is 0 Å². The smallest absolute Gasteiger partial charge is 0.118 e. The molecule has 0 aliphatic carbocycles. The second-order valence-corrected chi connectivity index (χ2v) is 4.35. The summed E-state index contributed by atoms with van der Waals surface area (Å²) in [6.07, 6.45) is 8.72. The zero-order valence-electron chi connectivity index (χ0n) is 9.34. The lowest BCUT2D eigenvalue weighted by atomic mass is 10.1. The number of rotatable bonds is 0. The third kappa shape index (κ3) is 3.85. The van der Waals surface area contributed by atoms with Crippen molar-refractivity contribution in [3.8, 4) is 11.8 Å². The van der Waals surface area contributed by atoms with Crippen LogP contribution in [0.25, 0.3) is 0 Å². The molecule has 0 aromatic rings. The van der Waals surface area contributed by atoms with Gasteiger partial charge < -0.3 is 9.47 Å². The molecule has 2 fully saturated rings. The molecule has 2 heterocycles. The maximum atomic E-state index is 5.66. The number of hydrogen-bond acceptors (Lipinski definition) is 2. The minimum Gasteiger partial charge on any atom is -0.366 e. The maximum absolute atomic E-state index is 5.66. The van der Waals surface area contributed by atoms with Crippen LogP contribution in [-0.4, -0.2) is 25.4 Å². The van der Waals surface area contributed by atoms with E-state index in [2.05, 4.69) is 11.8 Å². The van der Waals surface area contributed by atoms with E-state index < -0.39 is 0 Å². The summed E-state index contributed by atoms with van der Waals surface area (Å²) in [5.41, 5.74) is 0. The highest BCUT2D eigenvalue weighted by Gasteiger charge is 2.12. The molecular weight excluding hydrogens is 188 g/mol. The summed E-state index contributed by atoms with van der Waals surface area (Å²) in [4.78, 5) is 0. The van der Waals surface area contributed by atoms with Crippen LogP contribution >= 0.6 is 0 Å². The summed E-state index contributed by atoms with van der Waals surface area (Å²) >= 11 is 0. The minimum absolute atomic E-state index is 0.165. The van der Waals surface area contributed by atoms with E-state index in [1.54, 1.807) is 0 Å². The Bertz CT molecular complexity index is 225. The Balaban J connectivity index is 1.80. The van der Waals surface area contributed by atoms with Gasteiger partial charge >= 0.3 is 0 Å². The van der Waals surface area contributed by atoms with E-state index in [4.69, 9.17) is 9.47 Å². The molecule has 2 aliphatic heterocycles. The summed E-state index contributed by atoms with van der Waals surface area (Å²) in [6.45, 7) is 1.76. The van der Waals surface area contributed by atoms with Crippen LogP contribution in [0.4, 0.5) is 0 Å². The SMILES string of the molecule is C(#CC1CCCCO1)C1CCCCCO1. The molecule has 0 amide bonds. The molecule has 2 aliphatic rings. The van der Waals surface area contributed by atoms with Crippen molar-refractivity contribution < 1.29 is 9.47 Å². The van der Waals surface area contributed by atoms with Gasteiger partial charge in [0.05, 0.1) is 0 Å². The van der Waals surface area contributed by atoms with Gasteiger partial charge in [0.25, 0.3) is 0 Å². The normalized spacial score (nSPS) is 32.5. The molecule has 0 N–H and O–H groups in total. The fraction of sp³-hybridized carbons (Fsp3) is 0.846. The van der Waals surface area contributed by atoms with Crippen molar-refractivity contribution in [1.29, 1.82) is 0 Å². The molecule has 0 spiro atoms. The Kier molecular flexibility index (Phi) is 4.50. The van der Waals surface area contributed by atoms with Crippen LogP contribution in [0.5, 0.6) is 0 Å². The van der Waals surface area contributed by atoms with Gasteiger partial charge in [-0.25, -0.2) is 0 Å². The molecule has 0 aromatic carbocycles. The standard InChI is InChI=1S/C13H20O2/c1-2-6-12(14-10-4-1)8-9-13-7-3-5-11-15-13/h12-13H,1-7,10-11H2. The molecule has 2 unspecified atom stereocenters. The molecular formula is C13H20O2. The van der Waals surface area contributed by atoms with Gasteiger partial charge in [-0.15, -0.1) is 0 Å². The van der Waals surface area contributed by atoms with Gasteiger partial charge in [-0.2, -0.15) is 0 Å². The summed E-state index contributed by atoms with van der Waals surface area (Å²) < 4.78 is 11.2. The van der Waals surface area contributed by atoms with Gasteiger partial charge in [0.1, 0.15) is 12.2 Å². The lowest BCUT2D eigenvalue weighted by Gasteiger charge is -2.17. The molecule has 2 saturated heterocycles. The van der Waals surface area contributed by atoms with E-state index in [1.165, 1.54) is 32.1 Å². The van der Waals surface area contributed by atoms with Crippen molar-refractivity contribution in [1.82, 2.24) is 0 Å².